The molecule has 0 aromatic heterocycles. The molecule has 310 valence electrons. The molecule has 0 fully saturated rings. The summed E-state index contributed by atoms with van der Waals surface area (Å²) in [5.41, 5.74) is 0. The molecule has 0 saturated carbocycles. The van der Waals surface area contributed by atoms with Gasteiger partial charge in [0.25, 0.3) is 0 Å². The Morgan fingerprint density at radius 2 is 0.906 bits per heavy atom. The van der Waals surface area contributed by atoms with Crippen molar-refractivity contribution < 1.29 is 24.5 Å². The van der Waals surface area contributed by atoms with Gasteiger partial charge in [-0.3, -0.25) is 9.59 Å². The Balaban J connectivity index is 3.50. The van der Waals surface area contributed by atoms with E-state index in [0.29, 0.717) is 19.4 Å². The molecule has 0 aliphatic carbocycles. The molecule has 0 aromatic carbocycles. The van der Waals surface area contributed by atoms with Crippen LogP contribution in [0.15, 0.2) is 36.5 Å². The number of amides is 1. The number of hydrogen-bond acceptors (Lipinski definition) is 5. The summed E-state index contributed by atoms with van der Waals surface area (Å²) in [5.74, 6) is -0.106. The second-order valence-electron chi connectivity index (χ2n) is 15.4. The molecule has 1 amide bonds. The summed E-state index contributed by atoms with van der Waals surface area (Å²) < 4.78 is 5.43. The van der Waals surface area contributed by atoms with E-state index in [1.807, 2.05) is 6.08 Å². The summed E-state index contributed by atoms with van der Waals surface area (Å²) in [7, 11) is 0. The van der Waals surface area contributed by atoms with Gasteiger partial charge in [0.2, 0.25) is 5.91 Å². The number of allylic oxidation sites excluding steroid dienone is 5. The summed E-state index contributed by atoms with van der Waals surface area (Å²) in [5, 5.41) is 22.8. The fraction of sp³-hybridized carbons (Fsp3) is 0.830. The lowest BCUT2D eigenvalue weighted by Crippen LogP contribution is -2.45. The molecule has 53 heavy (non-hydrogen) atoms. The van der Waals surface area contributed by atoms with Crippen LogP contribution in [0.1, 0.15) is 226 Å². The van der Waals surface area contributed by atoms with E-state index in [4.69, 9.17) is 4.74 Å². The van der Waals surface area contributed by atoms with Gasteiger partial charge in [-0.1, -0.05) is 172 Å². The second-order valence-corrected chi connectivity index (χ2v) is 15.4. The number of unbranched alkanes of at least 4 members (excludes halogenated alkanes) is 26. The maximum absolute atomic E-state index is 12.3. The van der Waals surface area contributed by atoms with Crippen LogP contribution in [-0.2, 0) is 14.3 Å². The number of rotatable bonds is 41. The van der Waals surface area contributed by atoms with E-state index in [9.17, 15) is 19.8 Å². The number of nitrogens with one attached hydrogen (secondary N) is 1. The molecule has 2 atom stereocenters. The van der Waals surface area contributed by atoms with Crippen LogP contribution in [0.2, 0.25) is 0 Å². The summed E-state index contributed by atoms with van der Waals surface area (Å²) >= 11 is 0. The van der Waals surface area contributed by atoms with Crippen LogP contribution in [0.4, 0.5) is 0 Å². The molecule has 6 heteroatoms. The molecule has 0 radical (unpaired) electrons. The first-order valence-corrected chi connectivity index (χ1v) is 22.8. The number of aliphatic hydroxyl groups excluding tert-OH is 2. The minimum absolute atomic E-state index is 0.0164. The Morgan fingerprint density at radius 3 is 1.40 bits per heavy atom. The third-order valence-corrected chi connectivity index (χ3v) is 10.1. The van der Waals surface area contributed by atoms with Crippen LogP contribution in [0.25, 0.3) is 0 Å². The summed E-state index contributed by atoms with van der Waals surface area (Å²) in [6.45, 7) is 4.79. The minimum atomic E-state index is -0.852. The van der Waals surface area contributed by atoms with E-state index in [1.54, 1.807) is 6.08 Å². The van der Waals surface area contributed by atoms with Gasteiger partial charge in [-0.2, -0.15) is 0 Å². The molecule has 0 saturated heterocycles. The third-order valence-electron chi connectivity index (χ3n) is 10.1. The smallest absolute Gasteiger partial charge is 0.305 e. The van der Waals surface area contributed by atoms with Crippen LogP contribution >= 0.6 is 0 Å². The van der Waals surface area contributed by atoms with Gasteiger partial charge in [0.1, 0.15) is 0 Å². The van der Waals surface area contributed by atoms with Crippen molar-refractivity contribution in [3.63, 3.8) is 0 Å². The van der Waals surface area contributed by atoms with Crippen LogP contribution in [0.5, 0.6) is 0 Å². The van der Waals surface area contributed by atoms with Crippen molar-refractivity contribution >= 4 is 11.9 Å². The lowest BCUT2D eigenvalue weighted by atomic mass is 10.1. The van der Waals surface area contributed by atoms with Crippen LogP contribution in [0, 0.1) is 0 Å². The van der Waals surface area contributed by atoms with E-state index in [2.05, 4.69) is 43.5 Å². The molecule has 0 aliphatic heterocycles. The van der Waals surface area contributed by atoms with Gasteiger partial charge in [-0.15, -0.1) is 0 Å². The average molecular weight is 746 g/mol. The maximum atomic E-state index is 12.3. The number of aliphatic hydroxyl groups is 2. The van der Waals surface area contributed by atoms with E-state index >= 15 is 0 Å². The minimum Gasteiger partial charge on any atom is -0.466 e. The fourth-order valence-corrected chi connectivity index (χ4v) is 6.55. The topological polar surface area (TPSA) is 95.9 Å². The maximum Gasteiger partial charge on any atom is 0.305 e. The van der Waals surface area contributed by atoms with Gasteiger partial charge in [-0.25, -0.2) is 0 Å². The molecule has 0 aromatic rings. The zero-order valence-corrected chi connectivity index (χ0v) is 35.0. The largest absolute Gasteiger partial charge is 0.466 e. The SMILES string of the molecule is CCCC/C=C\CCCCCCCC(=O)OCCCCCCCCC/C=C\CCCCCCCC(=O)NC(CO)C(O)/C=C/CCCCCCCCC. The highest BCUT2D eigenvalue weighted by molar-refractivity contribution is 5.76. The second kappa shape index (κ2) is 42.8. The molecule has 0 aliphatic rings. The van der Waals surface area contributed by atoms with Crippen molar-refractivity contribution in [1.29, 1.82) is 0 Å². The van der Waals surface area contributed by atoms with E-state index in [0.717, 1.165) is 64.2 Å². The third kappa shape index (κ3) is 39.6. The lowest BCUT2D eigenvalue weighted by molar-refractivity contribution is -0.143. The van der Waals surface area contributed by atoms with Gasteiger partial charge < -0.3 is 20.3 Å². The van der Waals surface area contributed by atoms with Gasteiger partial charge in [0.05, 0.1) is 25.4 Å². The Morgan fingerprint density at radius 1 is 0.509 bits per heavy atom. The normalized spacial score (nSPS) is 13.1. The van der Waals surface area contributed by atoms with Gasteiger partial charge in [0.15, 0.2) is 0 Å². The van der Waals surface area contributed by atoms with E-state index < -0.39 is 12.1 Å². The highest BCUT2D eigenvalue weighted by Crippen LogP contribution is 2.13. The highest BCUT2D eigenvalue weighted by Gasteiger charge is 2.18. The van der Waals surface area contributed by atoms with Crippen molar-refractivity contribution in [2.45, 2.75) is 238 Å². The number of ether oxygens (including phenoxy) is 1. The fourth-order valence-electron chi connectivity index (χ4n) is 6.55. The highest BCUT2D eigenvalue weighted by atomic mass is 16.5. The first-order valence-electron chi connectivity index (χ1n) is 22.8. The predicted octanol–water partition coefficient (Wildman–Crippen LogP) is 12.9. The molecule has 0 bridgehead atoms. The lowest BCUT2D eigenvalue weighted by Gasteiger charge is -2.20. The van der Waals surface area contributed by atoms with Crippen molar-refractivity contribution in [3.05, 3.63) is 36.5 Å². The predicted molar refractivity (Wildman–Crippen MR) is 227 cm³/mol. The van der Waals surface area contributed by atoms with Crippen molar-refractivity contribution in [2.75, 3.05) is 13.2 Å². The first kappa shape index (κ1) is 51.1. The number of esters is 1. The summed E-state index contributed by atoms with van der Waals surface area (Å²) in [6, 6.07) is -0.638. The zero-order valence-electron chi connectivity index (χ0n) is 35.0. The van der Waals surface area contributed by atoms with Crippen LogP contribution < -0.4 is 5.32 Å². The molecule has 0 heterocycles. The van der Waals surface area contributed by atoms with E-state index in [-0.39, 0.29) is 18.5 Å². The number of carbonyl (C=O) groups is 2. The zero-order chi connectivity index (χ0) is 38.7. The average Bonchev–Trinajstić information content (AvgIpc) is 3.16. The van der Waals surface area contributed by atoms with Crippen LogP contribution in [0.3, 0.4) is 0 Å². The van der Waals surface area contributed by atoms with Gasteiger partial charge >= 0.3 is 5.97 Å². The Hall–Kier alpha value is -1.92. The molecule has 0 rings (SSSR count). The van der Waals surface area contributed by atoms with Gasteiger partial charge in [-0.05, 0) is 77.0 Å². The molecular weight excluding hydrogens is 659 g/mol. The monoisotopic (exact) mass is 746 g/mol. The molecule has 0 spiro atoms. The van der Waals surface area contributed by atoms with Crippen LogP contribution in [-0.4, -0.2) is 47.4 Å². The van der Waals surface area contributed by atoms with Gasteiger partial charge in [0, 0.05) is 12.8 Å². The molecule has 2 unspecified atom stereocenters. The standard InChI is InChI=1S/C47H87NO5/c1-3-5-7-9-11-13-20-25-29-33-37-41-47(52)53-42-38-34-30-26-22-19-17-15-14-16-18-21-24-28-32-36-40-46(51)48-44(43-49)45(50)39-35-31-27-23-12-10-8-6-4-2/h9,11,14,16,35,39,44-45,49-50H,3-8,10,12-13,15,17-34,36-38,40-43H2,1-2H3,(H,48,51)/b11-9-,16-14-,39-35+. The first-order chi connectivity index (χ1) is 26.0. The molecular formula is C47H87NO5. The Bertz CT molecular complexity index is 869. The molecule has 3 N–H and O–H groups in total. The quantitative estimate of drug-likeness (QED) is 0.0329. The summed E-state index contributed by atoms with van der Waals surface area (Å²) in [4.78, 5) is 24.3. The molecule has 6 nitrogen and oxygen atoms in total. The van der Waals surface area contributed by atoms with Crippen molar-refractivity contribution in [1.82, 2.24) is 5.32 Å². The Kier molecular flexibility index (Phi) is 41.3. The van der Waals surface area contributed by atoms with Crippen molar-refractivity contribution in [2.24, 2.45) is 0 Å². The van der Waals surface area contributed by atoms with E-state index in [1.165, 1.54) is 135 Å². The Labute approximate surface area is 328 Å². The number of hydrogen-bond donors (Lipinski definition) is 3. The number of carbonyl (C=O) groups excluding carboxylic acids is 2. The summed E-state index contributed by atoms with van der Waals surface area (Å²) in [6.07, 6.45) is 49.9. The van der Waals surface area contributed by atoms with Crippen molar-refractivity contribution in [3.8, 4) is 0 Å².